The molecule has 5 heteroatoms. The molecule has 0 N–H and O–H groups in total. The molecule has 0 bridgehead atoms. The molecule has 1 saturated heterocycles. The van der Waals surface area contributed by atoms with Gasteiger partial charge in [-0.1, -0.05) is 31.6 Å². The summed E-state index contributed by atoms with van der Waals surface area (Å²) in [6, 6.07) is 7.32. The van der Waals surface area contributed by atoms with Crippen LogP contribution in [0.15, 0.2) is 48.7 Å². The molecule has 0 amide bonds. The Morgan fingerprint density at radius 1 is 1.12 bits per heavy atom. The highest BCUT2D eigenvalue weighted by Crippen LogP contribution is 2.27. The van der Waals surface area contributed by atoms with Crippen LogP contribution in [-0.2, 0) is 9.47 Å². The normalized spacial score (nSPS) is 20.9. The van der Waals surface area contributed by atoms with E-state index in [2.05, 4.69) is 24.1 Å². The number of ether oxygens (including phenoxy) is 2. The van der Waals surface area contributed by atoms with Gasteiger partial charge in [-0.2, -0.15) is 0 Å². The Balaban J connectivity index is 1.62. The fourth-order valence-electron chi connectivity index (χ4n) is 2.65. The first-order valence-electron chi connectivity index (χ1n) is 8.48. The summed E-state index contributed by atoms with van der Waals surface area (Å²) in [6.45, 7) is 3.36. The average molecular weight is 345 g/mol. The molecule has 1 aliphatic rings. The summed E-state index contributed by atoms with van der Waals surface area (Å²) < 4.78 is 37.9. The van der Waals surface area contributed by atoms with E-state index < -0.39 is 17.9 Å². The third kappa shape index (κ3) is 4.50. The van der Waals surface area contributed by atoms with E-state index in [1.165, 1.54) is 6.07 Å². The number of hydrogen-bond acceptors (Lipinski definition) is 3. The predicted octanol–water partition coefficient (Wildman–Crippen LogP) is 5.04. The maximum absolute atomic E-state index is 13.3. The van der Waals surface area contributed by atoms with Crippen LogP contribution in [0, 0.1) is 17.6 Å². The van der Waals surface area contributed by atoms with Crippen molar-refractivity contribution in [1.29, 1.82) is 0 Å². The molecule has 0 aliphatic carbocycles. The van der Waals surface area contributed by atoms with Crippen molar-refractivity contribution in [1.82, 2.24) is 4.98 Å². The van der Waals surface area contributed by atoms with Crippen LogP contribution in [0.3, 0.4) is 0 Å². The molecule has 1 aromatic carbocycles. The van der Waals surface area contributed by atoms with Gasteiger partial charge in [0.05, 0.1) is 18.9 Å². The van der Waals surface area contributed by atoms with E-state index in [1.54, 1.807) is 12.3 Å². The summed E-state index contributed by atoms with van der Waals surface area (Å²) in [5.74, 6) is -1.48. The van der Waals surface area contributed by atoms with Crippen molar-refractivity contribution in [2.24, 2.45) is 5.92 Å². The van der Waals surface area contributed by atoms with Crippen molar-refractivity contribution in [3.63, 3.8) is 0 Å². The van der Waals surface area contributed by atoms with Crippen molar-refractivity contribution in [3.8, 4) is 11.3 Å². The predicted molar refractivity (Wildman–Crippen MR) is 91.8 cm³/mol. The molecule has 0 saturated carbocycles. The number of unbranched alkanes of at least 4 members (excludes halogenated alkanes) is 1. The molecule has 0 spiro atoms. The standard InChI is InChI=1S/C20H21F2NO2/c1-2-3-4-5-14-12-24-20(25-13-14)16-7-9-19(23-11-16)15-6-8-17(21)18(22)10-15/h4-11,14,20H,2-3,12-13H2,1H3. The molecule has 1 fully saturated rings. The van der Waals surface area contributed by atoms with Gasteiger partial charge in [-0.25, -0.2) is 8.78 Å². The molecule has 1 aromatic heterocycles. The van der Waals surface area contributed by atoms with E-state index in [0.29, 0.717) is 24.5 Å². The van der Waals surface area contributed by atoms with Gasteiger partial charge in [0.15, 0.2) is 17.9 Å². The Morgan fingerprint density at radius 3 is 2.56 bits per heavy atom. The summed E-state index contributed by atoms with van der Waals surface area (Å²) in [7, 11) is 0. The lowest BCUT2D eigenvalue weighted by atomic mass is 10.1. The number of pyridine rings is 1. The zero-order valence-electron chi connectivity index (χ0n) is 14.1. The van der Waals surface area contributed by atoms with Crippen LogP contribution in [0.5, 0.6) is 0 Å². The topological polar surface area (TPSA) is 31.4 Å². The Labute approximate surface area is 146 Å². The average Bonchev–Trinajstić information content (AvgIpc) is 2.65. The zero-order valence-corrected chi connectivity index (χ0v) is 14.1. The SMILES string of the molecule is CCCC=CC1COC(c2ccc(-c3ccc(F)c(F)c3)nc2)OC1. The Bertz CT molecular complexity index is 723. The van der Waals surface area contributed by atoms with E-state index >= 15 is 0 Å². The van der Waals surface area contributed by atoms with Crippen LogP contribution < -0.4 is 0 Å². The molecule has 3 nitrogen and oxygen atoms in total. The van der Waals surface area contributed by atoms with Gasteiger partial charge in [-0.3, -0.25) is 4.98 Å². The molecule has 3 rings (SSSR count). The van der Waals surface area contributed by atoms with Crippen LogP contribution in [0.2, 0.25) is 0 Å². The van der Waals surface area contributed by atoms with Crippen LogP contribution in [0.4, 0.5) is 8.78 Å². The molecule has 132 valence electrons. The first kappa shape index (κ1) is 17.7. The molecule has 2 aromatic rings. The van der Waals surface area contributed by atoms with Crippen molar-refractivity contribution < 1.29 is 18.3 Å². The lowest BCUT2D eigenvalue weighted by molar-refractivity contribution is -0.197. The van der Waals surface area contributed by atoms with Crippen molar-refractivity contribution in [2.75, 3.05) is 13.2 Å². The maximum Gasteiger partial charge on any atom is 0.185 e. The van der Waals surface area contributed by atoms with Gasteiger partial charge >= 0.3 is 0 Å². The van der Waals surface area contributed by atoms with Gasteiger partial charge in [0.25, 0.3) is 0 Å². The van der Waals surface area contributed by atoms with Crippen LogP contribution in [0.1, 0.15) is 31.6 Å². The van der Waals surface area contributed by atoms with E-state index in [0.717, 1.165) is 30.5 Å². The number of hydrogen-bond donors (Lipinski definition) is 0. The third-order valence-corrected chi connectivity index (χ3v) is 4.06. The largest absolute Gasteiger partial charge is 0.348 e. The van der Waals surface area contributed by atoms with E-state index in [9.17, 15) is 8.78 Å². The summed E-state index contributed by atoms with van der Waals surface area (Å²) >= 11 is 0. The number of benzene rings is 1. The number of aromatic nitrogens is 1. The second-order valence-electron chi connectivity index (χ2n) is 6.08. The van der Waals surface area contributed by atoms with Crippen LogP contribution in [-0.4, -0.2) is 18.2 Å². The molecule has 25 heavy (non-hydrogen) atoms. The summed E-state index contributed by atoms with van der Waals surface area (Å²) in [4.78, 5) is 4.31. The van der Waals surface area contributed by atoms with Gasteiger partial charge < -0.3 is 9.47 Å². The fraction of sp³-hybridized carbons (Fsp3) is 0.350. The lowest BCUT2D eigenvalue weighted by Gasteiger charge is -2.28. The number of rotatable bonds is 5. The summed E-state index contributed by atoms with van der Waals surface area (Å²) in [5, 5.41) is 0. The third-order valence-electron chi connectivity index (χ3n) is 4.06. The molecule has 0 atom stereocenters. The van der Waals surface area contributed by atoms with Gasteiger partial charge in [0, 0.05) is 23.2 Å². The zero-order chi connectivity index (χ0) is 17.6. The van der Waals surface area contributed by atoms with Crippen molar-refractivity contribution >= 4 is 0 Å². The van der Waals surface area contributed by atoms with E-state index in [-0.39, 0.29) is 5.92 Å². The fourth-order valence-corrected chi connectivity index (χ4v) is 2.65. The Hall–Kier alpha value is -2.11. The minimum atomic E-state index is -0.885. The molecular weight excluding hydrogens is 324 g/mol. The summed E-state index contributed by atoms with van der Waals surface area (Å²) in [5.41, 5.74) is 1.90. The van der Waals surface area contributed by atoms with Crippen LogP contribution in [0.25, 0.3) is 11.3 Å². The first-order chi connectivity index (χ1) is 12.2. The van der Waals surface area contributed by atoms with Crippen LogP contribution >= 0.6 is 0 Å². The second-order valence-corrected chi connectivity index (χ2v) is 6.08. The first-order valence-corrected chi connectivity index (χ1v) is 8.48. The second kappa shape index (κ2) is 8.32. The number of allylic oxidation sites excluding steroid dienone is 1. The van der Waals surface area contributed by atoms with Gasteiger partial charge in [0.2, 0.25) is 0 Å². The molecule has 0 radical (unpaired) electrons. The highest BCUT2D eigenvalue weighted by Gasteiger charge is 2.22. The minimum Gasteiger partial charge on any atom is -0.348 e. The van der Waals surface area contributed by atoms with E-state index in [1.807, 2.05) is 6.07 Å². The van der Waals surface area contributed by atoms with Gasteiger partial charge in [-0.15, -0.1) is 0 Å². The minimum absolute atomic E-state index is 0.275. The van der Waals surface area contributed by atoms with Gasteiger partial charge in [0.1, 0.15) is 0 Å². The molecule has 2 heterocycles. The number of halogens is 2. The Kier molecular flexibility index (Phi) is 5.89. The monoisotopic (exact) mass is 345 g/mol. The Morgan fingerprint density at radius 2 is 1.92 bits per heavy atom. The number of nitrogens with zero attached hydrogens (tertiary/aromatic N) is 1. The van der Waals surface area contributed by atoms with Crippen molar-refractivity contribution in [2.45, 2.75) is 26.1 Å². The van der Waals surface area contributed by atoms with E-state index in [4.69, 9.17) is 9.47 Å². The highest BCUT2D eigenvalue weighted by molar-refractivity contribution is 5.59. The lowest BCUT2D eigenvalue weighted by Crippen LogP contribution is -2.25. The van der Waals surface area contributed by atoms with Gasteiger partial charge in [-0.05, 0) is 30.7 Å². The smallest absolute Gasteiger partial charge is 0.185 e. The molecule has 0 unspecified atom stereocenters. The highest BCUT2D eigenvalue weighted by atomic mass is 19.2. The molecular formula is C20H21F2NO2. The van der Waals surface area contributed by atoms with Crippen molar-refractivity contribution in [3.05, 3.63) is 65.9 Å². The molecule has 1 aliphatic heterocycles. The maximum atomic E-state index is 13.3. The quantitative estimate of drug-likeness (QED) is 0.711. The summed E-state index contributed by atoms with van der Waals surface area (Å²) in [6.07, 6.45) is 7.70.